The summed E-state index contributed by atoms with van der Waals surface area (Å²) in [7, 11) is 1.74. The van der Waals surface area contributed by atoms with Gasteiger partial charge in [-0.1, -0.05) is 11.6 Å². The Kier molecular flexibility index (Phi) is 2.92. The van der Waals surface area contributed by atoms with Crippen molar-refractivity contribution in [2.75, 3.05) is 5.32 Å². The second-order valence-corrected chi connectivity index (χ2v) is 3.65. The average Bonchev–Trinajstić information content (AvgIpc) is 2.63. The molecule has 0 fully saturated rings. The quantitative estimate of drug-likeness (QED) is 0.514. The van der Waals surface area contributed by atoms with Gasteiger partial charge < -0.3 is 5.32 Å². The highest BCUT2D eigenvalue weighted by Gasteiger charge is 2.16. The van der Waals surface area contributed by atoms with Crippen LogP contribution in [0.25, 0.3) is 0 Å². The van der Waals surface area contributed by atoms with E-state index in [1.54, 1.807) is 24.0 Å². The number of rotatable bonds is 3. The van der Waals surface area contributed by atoms with Crippen molar-refractivity contribution in [3.05, 3.63) is 39.7 Å². The number of hydrogen-bond acceptors (Lipinski definition) is 5. The van der Waals surface area contributed by atoms with Gasteiger partial charge in [-0.3, -0.25) is 14.8 Å². The Balaban J connectivity index is 2.37. The van der Waals surface area contributed by atoms with Crippen LogP contribution in [0.5, 0.6) is 0 Å². The first-order chi connectivity index (χ1) is 8.06. The van der Waals surface area contributed by atoms with E-state index >= 15 is 0 Å². The van der Waals surface area contributed by atoms with Crippen LogP contribution in [-0.4, -0.2) is 19.7 Å². The van der Waals surface area contributed by atoms with E-state index in [4.69, 9.17) is 11.6 Å². The molecule has 2 rings (SSSR count). The lowest BCUT2D eigenvalue weighted by atomic mass is 10.4. The molecule has 0 aliphatic carbocycles. The minimum atomic E-state index is -0.533. The summed E-state index contributed by atoms with van der Waals surface area (Å²) in [4.78, 5) is 14.1. The van der Waals surface area contributed by atoms with Gasteiger partial charge in [0.15, 0.2) is 5.82 Å². The Morgan fingerprint density at radius 3 is 2.82 bits per heavy atom. The van der Waals surface area contributed by atoms with Gasteiger partial charge in [0.05, 0.1) is 4.92 Å². The maximum absolute atomic E-state index is 10.8. The molecular formula is C9H8ClN5O2. The van der Waals surface area contributed by atoms with E-state index in [9.17, 15) is 10.1 Å². The van der Waals surface area contributed by atoms with E-state index in [-0.39, 0.29) is 16.7 Å². The molecule has 0 amide bonds. The molecule has 2 heterocycles. The number of aromatic nitrogens is 3. The SMILES string of the molecule is Cn1ccc(Nc2nc(Cl)ccc2[N+](=O)[O-])n1. The summed E-state index contributed by atoms with van der Waals surface area (Å²) in [5.41, 5.74) is -0.153. The number of pyridine rings is 1. The average molecular weight is 254 g/mol. The molecule has 1 N–H and O–H groups in total. The molecule has 88 valence electrons. The van der Waals surface area contributed by atoms with Crippen molar-refractivity contribution < 1.29 is 4.92 Å². The summed E-state index contributed by atoms with van der Waals surface area (Å²) in [5.74, 6) is 0.534. The van der Waals surface area contributed by atoms with Crippen LogP contribution in [0.3, 0.4) is 0 Å². The van der Waals surface area contributed by atoms with Gasteiger partial charge in [-0.2, -0.15) is 5.10 Å². The van der Waals surface area contributed by atoms with Gasteiger partial charge in [0, 0.05) is 25.4 Å². The molecule has 0 spiro atoms. The first-order valence-electron chi connectivity index (χ1n) is 4.64. The molecule has 0 unspecified atom stereocenters. The van der Waals surface area contributed by atoms with Crippen molar-refractivity contribution in [1.29, 1.82) is 0 Å². The number of nitrogens with one attached hydrogen (secondary N) is 1. The van der Waals surface area contributed by atoms with Crippen molar-refractivity contribution in [3.63, 3.8) is 0 Å². The van der Waals surface area contributed by atoms with Crippen LogP contribution in [0.4, 0.5) is 17.3 Å². The maximum atomic E-state index is 10.8. The van der Waals surface area contributed by atoms with E-state index in [2.05, 4.69) is 15.4 Å². The first-order valence-corrected chi connectivity index (χ1v) is 5.01. The highest BCUT2D eigenvalue weighted by atomic mass is 35.5. The van der Waals surface area contributed by atoms with Gasteiger partial charge in [0.2, 0.25) is 5.82 Å². The zero-order chi connectivity index (χ0) is 12.4. The number of nitro groups is 1. The zero-order valence-corrected chi connectivity index (χ0v) is 9.55. The summed E-state index contributed by atoms with van der Waals surface area (Å²) in [5, 5.41) is 17.7. The third-order valence-electron chi connectivity index (χ3n) is 2.00. The van der Waals surface area contributed by atoms with Gasteiger partial charge in [-0.15, -0.1) is 0 Å². The third-order valence-corrected chi connectivity index (χ3v) is 2.21. The fourth-order valence-electron chi connectivity index (χ4n) is 1.27. The summed E-state index contributed by atoms with van der Waals surface area (Å²) in [6.07, 6.45) is 1.71. The van der Waals surface area contributed by atoms with Gasteiger partial charge in [0.25, 0.3) is 0 Å². The van der Waals surface area contributed by atoms with Gasteiger partial charge in [-0.05, 0) is 6.07 Å². The summed E-state index contributed by atoms with van der Waals surface area (Å²) in [6.45, 7) is 0. The van der Waals surface area contributed by atoms with E-state index in [0.717, 1.165) is 0 Å². The van der Waals surface area contributed by atoms with Crippen molar-refractivity contribution in [2.45, 2.75) is 0 Å². The number of anilines is 2. The normalized spacial score (nSPS) is 10.2. The summed E-state index contributed by atoms with van der Waals surface area (Å²) in [6, 6.07) is 4.33. The van der Waals surface area contributed by atoms with Crippen LogP contribution in [0.2, 0.25) is 5.15 Å². The smallest absolute Gasteiger partial charge is 0.311 e. The van der Waals surface area contributed by atoms with Crippen molar-refractivity contribution >= 4 is 28.9 Å². The Morgan fingerprint density at radius 1 is 1.47 bits per heavy atom. The van der Waals surface area contributed by atoms with Crippen LogP contribution < -0.4 is 5.32 Å². The molecule has 7 nitrogen and oxygen atoms in total. The van der Waals surface area contributed by atoms with Crippen LogP contribution >= 0.6 is 11.6 Å². The Bertz CT molecular complexity index is 568. The van der Waals surface area contributed by atoms with Crippen LogP contribution in [0.15, 0.2) is 24.4 Å². The highest BCUT2D eigenvalue weighted by molar-refractivity contribution is 6.29. The number of halogens is 1. The molecule has 0 aliphatic rings. The van der Waals surface area contributed by atoms with Crippen LogP contribution in [0.1, 0.15) is 0 Å². The van der Waals surface area contributed by atoms with Gasteiger partial charge in [-0.25, -0.2) is 4.98 Å². The number of aryl methyl sites for hydroxylation is 1. The molecule has 0 saturated carbocycles. The van der Waals surface area contributed by atoms with E-state index < -0.39 is 4.92 Å². The second kappa shape index (κ2) is 4.38. The second-order valence-electron chi connectivity index (χ2n) is 3.26. The van der Waals surface area contributed by atoms with E-state index in [1.165, 1.54) is 12.1 Å². The minimum Gasteiger partial charge on any atom is -0.318 e. The molecule has 0 bridgehead atoms. The molecule has 8 heteroatoms. The number of nitrogens with zero attached hydrogens (tertiary/aromatic N) is 4. The molecular weight excluding hydrogens is 246 g/mol. The fraction of sp³-hybridized carbons (Fsp3) is 0.111. The van der Waals surface area contributed by atoms with E-state index in [0.29, 0.717) is 5.82 Å². The van der Waals surface area contributed by atoms with E-state index in [1.807, 2.05) is 0 Å². The first kappa shape index (κ1) is 11.3. The predicted octanol–water partition coefficient (Wildman–Crippen LogP) is 2.12. The van der Waals surface area contributed by atoms with Crippen molar-refractivity contribution in [1.82, 2.24) is 14.8 Å². The summed E-state index contributed by atoms with van der Waals surface area (Å²) < 4.78 is 1.57. The molecule has 2 aromatic heterocycles. The lowest BCUT2D eigenvalue weighted by Gasteiger charge is -2.03. The molecule has 0 atom stereocenters. The monoisotopic (exact) mass is 253 g/mol. The van der Waals surface area contributed by atoms with Crippen molar-refractivity contribution in [3.8, 4) is 0 Å². The molecule has 0 saturated heterocycles. The highest BCUT2D eigenvalue weighted by Crippen LogP contribution is 2.26. The van der Waals surface area contributed by atoms with Gasteiger partial charge >= 0.3 is 5.69 Å². The lowest BCUT2D eigenvalue weighted by Crippen LogP contribution is -2.00. The molecule has 2 aromatic rings. The maximum Gasteiger partial charge on any atom is 0.311 e. The van der Waals surface area contributed by atoms with Gasteiger partial charge in [0.1, 0.15) is 5.15 Å². The molecule has 0 radical (unpaired) electrons. The zero-order valence-electron chi connectivity index (χ0n) is 8.79. The topological polar surface area (TPSA) is 85.9 Å². The van der Waals surface area contributed by atoms with Crippen molar-refractivity contribution in [2.24, 2.45) is 7.05 Å². The Labute approximate surface area is 101 Å². The predicted molar refractivity (Wildman–Crippen MR) is 62.4 cm³/mol. The molecule has 0 aliphatic heterocycles. The molecule has 17 heavy (non-hydrogen) atoms. The third kappa shape index (κ3) is 2.51. The summed E-state index contributed by atoms with van der Waals surface area (Å²) >= 11 is 5.69. The fourth-order valence-corrected chi connectivity index (χ4v) is 1.42. The van der Waals surface area contributed by atoms with Crippen LogP contribution in [0, 0.1) is 10.1 Å². The Morgan fingerprint density at radius 2 is 2.24 bits per heavy atom. The Hall–Kier alpha value is -2.15. The minimum absolute atomic E-state index is 0.0706. The largest absolute Gasteiger partial charge is 0.318 e. The lowest BCUT2D eigenvalue weighted by molar-refractivity contribution is -0.384. The molecule has 0 aromatic carbocycles. The standard InChI is InChI=1S/C9H8ClN5O2/c1-14-5-4-8(13-14)12-9-6(15(16)17)2-3-7(10)11-9/h2-5H,1H3,(H,11,12,13). The van der Waals surface area contributed by atoms with Crippen LogP contribution in [-0.2, 0) is 7.05 Å². The number of hydrogen-bond donors (Lipinski definition) is 1.